The lowest BCUT2D eigenvalue weighted by Crippen LogP contribution is -2.21. The van der Waals surface area contributed by atoms with Gasteiger partial charge < -0.3 is 0 Å². The van der Waals surface area contributed by atoms with Crippen LogP contribution >= 0.6 is 0 Å². The van der Waals surface area contributed by atoms with Gasteiger partial charge in [-0.1, -0.05) is 45.9 Å². The van der Waals surface area contributed by atoms with Gasteiger partial charge in [-0.25, -0.2) is 8.42 Å². The summed E-state index contributed by atoms with van der Waals surface area (Å²) >= 11 is 0. The monoisotopic (exact) mass is 245 g/mol. The molecule has 0 unspecified atom stereocenters. The van der Waals surface area contributed by atoms with Crippen molar-refractivity contribution < 1.29 is 13.2 Å². The third-order valence-corrected chi connectivity index (χ3v) is 2.56. The van der Waals surface area contributed by atoms with Crippen LogP contribution in [0.25, 0.3) is 0 Å². The molecule has 0 aliphatic rings. The fourth-order valence-corrected chi connectivity index (χ4v) is 1.51. The zero-order valence-corrected chi connectivity index (χ0v) is 10.9. The quantitative estimate of drug-likeness (QED) is 0.830. The molecular formula is C11H19NO3S. The zero-order chi connectivity index (χ0) is 13.0. The molecule has 0 atom stereocenters. The molecule has 1 aromatic carbocycles. The lowest BCUT2D eigenvalue weighted by Gasteiger charge is -1.99. The lowest BCUT2D eigenvalue weighted by atomic mass is 10.4. The first kappa shape index (κ1) is 17.0. The summed E-state index contributed by atoms with van der Waals surface area (Å²) in [5, 5.41) is 0. The molecular weight excluding hydrogens is 226 g/mol. The molecule has 4 nitrogen and oxygen atoms in total. The van der Waals surface area contributed by atoms with Crippen LogP contribution in [0.5, 0.6) is 0 Å². The fraction of sp³-hybridized carbons (Fsp3) is 0.364. The molecule has 0 heterocycles. The summed E-state index contributed by atoms with van der Waals surface area (Å²) in [5.74, 6) is 0. The molecule has 0 aliphatic heterocycles. The van der Waals surface area contributed by atoms with Crippen molar-refractivity contribution in [2.24, 2.45) is 0 Å². The van der Waals surface area contributed by atoms with Crippen LogP contribution in [-0.4, -0.2) is 14.8 Å². The van der Waals surface area contributed by atoms with Gasteiger partial charge in [0.15, 0.2) is 0 Å². The Labute approximate surface area is 97.7 Å². The smallest absolute Gasteiger partial charge is 0.263 e. The number of benzene rings is 1. The van der Waals surface area contributed by atoms with Gasteiger partial charge in [-0.15, -0.1) is 0 Å². The topological polar surface area (TPSA) is 63.2 Å². The van der Waals surface area contributed by atoms with Crippen LogP contribution in [0.4, 0.5) is 0 Å². The molecule has 16 heavy (non-hydrogen) atoms. The molecule has 0 saturated carbocycles. The zero-order valence-electron chi connectivity index (χ0n) is 10.1. The summed E-state index contributed by atoms with van der Waals surface area (Å²) in [4.78, 5) is 9.98. The van der Waals surface area contributed by atoms with Crippen molar-refractivity contribution in [3.63, 3.8) is 0 Å². The Bertz CT molecular complexity index is 360. The Hall–Kier alpha value is -1.36. The van der Waals surface area contributed by atoms with Gasteiger partial charge in [-0.2, -0.15) is 0 Å². The average Bonchev–Trinajstić information content (AvgIpc) is 2.35. The second-order valence-electron chi connectivity index (χ2n) is 2.05. The van der Waals surface area contributed by atoms with E-state index >= 15 is 0 Å². The number of nitrogens with one attached hydrogen (secondary N) is 1. The summed E-state index contributed by atoms with van der Waals surface area (Å²) < 4.78 is 23.9. The fourth-order valence-electron chi connectivity index (χ4n) is 0.731. The maximum absolute atomic E-state index is 11.1. The molecule has 1 aromatic rings. The molecule has 1 N–H and O–H groups in total. The predicted molar refractivity (Wildman–Crippen MR) is 65.5 cm³/mol. The number of rotatable bonds is 3. The normalized spacial score (nSPS) is 8.75. The van der Waals surface area contributed by atoms with Gasteiger partial charge in [0.2, 0.25) is 6.41 Å². The molecule has 1 amide bonds. The SMILES string of the molecule is CC.CC.O=CNS(=O)(=O)c1ccccc1. The van der Waals surface area contributed by atoms with Crippen LogP contribution in [0.3, 0.4) is 0 Å². The Morgan fingerprint density at radius 3 is 1.81 bits per heavy atom. The number of carbonyl (C=O) groups excluding carboxylic acids is 1. The third kappa shape index (κ3) is 6.19. The molecule has 0 bridgehead atoms. The van der Waals surface area contributed by atoms with E-state index in [1.54, 1.807) is 22.9 Å². The van der Waals surface area contributed by atoms with E-state index in [1.165, 1.54) is 12.1 Å². The first-order valence-corrected chi connectivity index (χ1v) is 6.66. The molecule has 0 spiro atoms. The molecule has 5 heteroatoms. The lowest BCUT2D eigenvalue weighted by molar-refractivity contribution is -0.108. The largest absolute Gasteiger partial charge is 0.278 e. The van der Waals surface area contributed by atoms with E-state index in [1.807, 2.05) is 27.7 Å². The number of sulfonamides is 1. The number of hydrogen-bond acceptors (Lipinski definition) is 3. The van der Waals surface area contributed by atoms with E-state index in [2.05, 4.69) is 0 Å². The van der Waals surface area contributed by atoms with Crippen molar-refractivity contribution in [3.8, 4) is 0 Å². The molecule has 0 fully saturated rings. The first-order valence-electron chi connectivity index (χ1n) is 5.18. The summed E-state index contributed by atoms with van der Waals surface area (Å²) in [6.45, 7) is 8.00. The molecule has 0 aliphatic carbocycles. The highest BCUT2D eigenvalue weighted by Gasteiger charge is 2.10. The van der Waals surface area contributed by atoms with Crippen molar-refractivity contribution in [3.05, 3.63) is 30.3 Å². The second kappa shape index (κ2) is 10.2. The van der Waals surface area contributed by atoms with E-state index in [0.29, 0.717) is 0 Å². The Balaban J connectivity index is 0. The maximum atomic E-state index is 11.1. The summed E-state index contributed by atoms with van der Waals surface area (Å²) in [6, 6.07) is 7.68. The van der Waals surface area contributed by atoms with Crippen LogP contribution in [0.2, 0.25) is 0 Å². The van der Waals surface area contributed by atoms with Crippen LogP contribution in [-0.2, 0) is 14.8 Å². The Morgan fingerprint density at radius 2 is 1.44 bits per heavy atom. The van der Waals surface area contributed by atoms with Crippen molar-refractivity contribution in [1.82, 2.24) is 4.72 Å². The van der Waals surface area contributed by atoms with Crippen molar-refractivity contribution in [2.75, 3.05) is 0 Å². The van der Waals surface area contributed by atoms with Gasteiger partial charge in [0.1, 0.15) is 0 Å². The van der Waals surface area contributed by atoms with Crippen LogP contribution in [0.15, 0.2) is 35.2 Å². The summed E-state index contributed by atoms with van der Waals surface area (Å²) in [6.07, 6.45) is 0.141. The van der Waals surface area contributed by atoms with E-state index in [-0.39, 0.29) is 11.3 Å². The molecule has 0 radical (unpaired) electrons. The van der Waals surface area contributed by atoms with E-state index in [0.717, 1.165) is 0 Å². The first-order chi connectivity index (χ1) is 7.67. The third-order valence-electron chi connectivity index (χ3n) is 1.26. The van der Waals surface area contributed by atoms with E-state index in [4.69, 9.17) is 0 Å². The van der Waals surface area contributed by atoms with Gasteiger partial charge in [0.05, 0.1) is 4.90 Å². The Morgan fingerprint density at radius 1 is 1.00 bits per heavy atom. The van der Waals surface area contributed by atoms with Crippen molar-refractivity contribution in [1.29, 1.82) is 0 Å². The van der Waals surface area contributed by atoms with Crippen LogP contribution in [0, 0.1) is 0 Å². The molecule has 92 valence electrons. The summed E-state index contributed by atoms with van der Waals surface area (Å²) in [5.41, 5.74) is 0. The van der Waals surface area contributed by atoms with Crippen molar-refractivity contribution in [2.45, 2.75) is 32.6 Å². The minimum atomic E-state index is -3.63. The van der Waals surface area contributed by atoms with E-state index < -0.39 is 10.0 Å². The molecule has 0 saturated heterocycles. The summed E-state index contributed by atoms with van der Waals surface area (Å²) in [7, 11) is -3.63. The average molecular weight is 245 g/mol. The number of amides is 1. The van der Waals surface area contributed by atoms with Crippen molar-refractivity contribution >= 4 is 16.4 Å². The van der Waals surface area contributed by atoms with Gasteiger partial charge >= 0.3 is 0 Å². The standard InChI is InChI=1S/C7H7NO3S.2C2H6/c9-6-8-12(10,11)7-4-2-1-3-5-7;2*1-2/h1-6H,(H,8,9);2*1-2H3. The highest BCUT2D eigenvalue weighted by Crippen LogP contribution is 2.05. The number of carbonyl (C=O) groups is 1. The minimum absolute atomic E-state index is 0.0806. The maximum Gasteiger partial charge on any atom is 0.263 e. The Kier molecular flexibility index (Phi) is 10.8. The van der Waals surface area contributed by atoms with E-state index in [9.17, 15) is 13.2 Å². The van der Waals surface area contributed by atoms with Gasteiger partial charge in [0, 0.05) is 0 Å². The minimum Gasteiger partial charge on any atom is -0.278 e. The predicted octanol–water partition coefficient (Wildman–Crippen LogP) is 2.17. The second-order valence-corrected chi connectivity index (χ2v) is 3.77. The van der Waals surface area contributed by atoms with Gasteiger partial charge in [-0.3, -0.25) is 9.52 Å². The highest BCUT2D eigenvalue weighted by atomic mass is 32.2. The van der Waals surface area contributed by atoms with Crippen LogP contribution in [0.1, 0.15) is 27.7 Å². The van der Waals surface area contributed by atoms with Crippen LogP contribution < -0.4 is 4.72 Å². The van der Waals surface area contributed by atoms with Gasteiger partial charge in [-0.05, 0) is 12.1 Å². The molecule has 1 rings (SSSR count). The molecule has 0 aromatic heterocycles. The van der Waals surface area contributed by atoms with Gasteiger partial charge in [0.25, 0.3) is 10.0 Å². The number of hydrogen-bond donors (Lipinski definition) is 1. The highest BCUT2D eigenvalue weighted by molar-refractivity contribution is 7.90.